The molecule has 0 atom stereocenters. The number of hydrogen-bond donors (Lipinski definition) is 1. The molecule has 0 spiro atoms. The SMILES string of the molecule is O=C(NC1CCN(C(=O)c2ccoc2)CC1)c1ccc(CSc2nc3ccccc3s2)cc1. The average Bonchev–Trinajstić information content (AvgIpc) is 3.53. The smallest absolute Gasteiger partial charge is 0.257 e. The van der Waals surface area contributed by atoms with Gasteiger partial charge in [0.25, 0.3) is 11.8 Å². The molecule has 0 bridgehead atoms. The van der Waals surface area contributed by atoms with Gasteiger partial charge in [-0.15, -0.1) is 11.3 Å². The van der Waals surface area contributed by atoms with Gasteiger partial charge in [0.15, 0.2) is 4.34 Å². The maximum absolute atomic E-state index is 12.7. The zero-order chi connectivity index (χ0) is 22.6. The van der Waals surface area contributed by atoms with E-state index in [1.165, 1.54) is 17.2 Å². The zero-order valence-electron chi connectivity index (χ0n) is 17.9. The Morgan fingerprint density at radius 2 is 1.85 bits per heavy atom. The van der Waals surface area contributed by atoms with Crippen LogP contribution in [0.5, 0.6) is 0 Å². The van der Waals surface area contributed by atoms with Crippen molar-refractivity contribution in [1.29, 1.82) is 0 Å². The molecular weight excluding hydrogens is 454 g/mol. The highest BCUT2D eigenvalue weighted by Crippen LogP contribution is 2.31. The molecule has 4 aromatic rings. The second-order valence-corrected chi connectivity index (χ2v) is 10.2. The van der Waals surface area contributed by atoms with E-state index >= 15 is 0 Å². The first-order chi connectivity index (χ1) is 16.2. The molecule has 0 aliphatic carbocycles. The molecule has 1 fully saturated rings. The molecule has 2 amide bonds. The van der Waals surface area contributed by atoms with E-state index in [-0.39, 0.29) is 17.9 Å². The number of thioether (sulfide) groups is 1. The Morgan fingerprint density at radius 3 is 2.58 bits per heavy atom. The molecule has 8 heteroatoms. The predicted octanol–water partition coefficient (Wildman–Crippen LogP) is 5.22. The third-order valence-electron chi connectivity index (χ3n) is 5.74. The minimum absolute atomic E-state index is 0.0205. The van der Waals surface area contributed by atoms with Gasteiger partial charge in [0.1, 0.15) is 6.26 Å². The van der Waals surface area contributed by atoms with Crippen molar-refractivity contribution < 1.29 is 14.0 Å². The Hall–Kier alpha value is -3.10. The lowest BCUT2D eigenvalue weighted by Crippen LogP contribution is -2.46. The summed E-state index contributed by atoms with van der Waals surface area (Å²) < 4.78 is 7.25. The summed E-state index contributed by atoms with van der Waals surface area (Å²) in [7, 11) is 0. The van der Waals surface area contributed by atoms with Gasteiger partial charge in [-0.1, -0.05) is 36.0 Å². The van der Waals surface area contributed by atoms with Gasteiger partial charge < -0.3 is 14.6 Å². The summed E-state index contributed by atoms with van der Waals surface area (Å²) in [5, 5.41) is 3.11. The number of benzene rings is 2. The van der Waals surface area contributed by atoms with Crippen LogP contribution in [0.4, 0.5) is 0 Å². The summed E-state index contributed by atoms with van der Waals surface area (Å²) in [5.41, 5.74) is 3.41. The van der Waals surface area contributed by atoms with Crippen LogP contribution in [0.2, 0.25) is 0 Å². The van der Waals surface area contributed by atoms with Crippen molar-refractivity contribution in [2.24, 2.45) is 0 Å². The van der Waals surface area contributed by atoms with Crippen LogP contribution in [-0.2, 0) is 5.75 Å². The maximum atomic E-state index is 12.7. The topological polar surface area (TPSA) is 75.4 Å². The summed E-state index contributed by atoms with van der Waals surface area (Å²) in [6, 6.07) is 17.7. The van der Waals surface area contributed by atoms with Gasteiger partial charge in [0, 0.05) is 30.4 Å². The molecule has 1 N–H and O–H groups in total. The van der Waals surface area contributed by atoms with Crippen molar-refractivity contribution in [3.05, 3.63) is 83.8 Å². The van der Waals surface area contributed by atoms with Crippen LogP contribution in [0.1, 0.15) is 39.1 Å². The number of likely N-dealkylation sites (tertiary alicyclic amines) is 1. The maximum Gasteiger partial charge on any atom is 0.257 e. The van der Waals surface area contributed by atoms with Crippen LogP contribution < -0.4 is 5.32 Å². The van der Waals surface area contributed by atoms with Crippen LogP contribution in [0, 0.1) is 0 Å². The highest BCUT2D eigenvalue weighted by Gasteiger charge is 2.25. The van der Waals surface area contributed by atoms with Crippen molar-refractivity contribution in [1.82, 2.24) is 15.2 Å². The number of hydrogen-bond acceptors (Lipinski definition) is 6. The lowest BCUT2D eigenvalue weighted by molar-refractivity contribution is 0.0697. The Bertz CT molecular complexity index is 1210. The fraction of sp³-hybridized carbons (Fsp3) is 0.240. The Balaban J connectivity index is 1.10. The van der Waals surface area contributed by atoms with Gasteiger partial charge in [-0.05, 0) is 48.7 Å². The fourth-order valence-electron chi connectivity index (χ4n) is 3.87. The number of fused-ring (bicyclic) bond motifs is 1. The van der Waals surface area contributed by atoms with E-state index < -0.39 is 0 Å². The largest absolute Gasteiger partial charge is 0.472 e. The van der Waals surface area contributed by atoms with Gasteiger partial charge in [-0.3, -0.25) is 9.59 Å². The van der Waals surface area contributed by atoms with Crippen LogP contribution in [0.3, 0.4) is 0 Å². The molecule has 2 aromatic carbocycles. The summed E-state index contributed by atoms with van der Waals surface area (Å²) >= 11 is 3.42. The Morgan fingerprint density at radius 1 is 1.06 bits per heavy atom. The van der Waals surface area contributed by atoms with E-state index in [1.54, 1.807) is 29.2 Å². The summed E-state index contributed by atoms with van der Waals surface area (Å²) in [6.07, 6.45) is 4.46. The van der Waals surface area contributed by atoms with E-state index in [0.29, 0.717) is 24.2 Å². The van der Waals surface area contributed by atoms with Crippen molar-refractivity contribution in [3.63, 3.8) is 0 Å². The van der Waals surface area contributed by atoms with Gasteiger partial charge in [-0.2, -0.15) is 0 Å². The molecule has 1 aliphatic rings. The standard InChI is InChI=1S/C25H23N3O3S2/c29-23(26-20-9-12-28(13-10-20)24(30)19-11-14-31-15-19)18-7-5-17(6-8-18)16-32-25-27-21-3-1-2-4-22(21)33-25/h1-8,11,14-15,20H,9-10,12-13,16H2,(H,26,29). The van der Waals surface area contributed by atoms with Crippen molar-refractivity contribution >= 4 is 45.1 Å². The molecule has 0 radical (unpaired) electrons. The van der Waals surface area contributed by atoms with Crippen molar-refractivity contribution in [2.45, 2.75) is 29.0 Å². The minimum atomic E-state index is -0.0695. The number of para-hydroxylation sites is 1. The van der Waals surface area contributed by atoms with Crippen LogP contribution in [-0.4, -0.2) is 40.8 Å². The van der Waals surface area contributed by atoms with Crippen LogP contribution in [0.25, 0.3) is 10.2 Å². The highest BCUT2D eigenvalue weighted by molar-refractivity contribution is 8.00. The first-order valence-electron chi connectivity index (χ1n) is 10.9. The van der Waals surface area contributed by atoms with Gasteiger partial charge in [-0.25, -0.2) is 4.98 Å². The molecule has 3 heterocycles. The third-order valence-corrected chi connectivity index (χ3v) is 7.99. The number of thiazole rings is 1. The fourth-order valence-corrected chi connectivity index (χ4v) is 5.90. The normalized spacial score (nSPS) is 14.5. The lowest BCUT2D eigenvalue weighted by Gasteiger charge is -2.32. The number of rotatable bonds is 6. The van der Waals surface area contributed by atoms with Crippen molar-refractivity contribution in [3.8, 4) is 0 Å². The number of furan rings is 1. The van der Waals surface area contributed by atoms with E-state index in [2.05, 4.69) is 16.4 Å². The number of carbonyl (C=O) groups is 2. The predicted molar refractivity (Wildman–Crippen MR) is 131 cm³/mol. The molecule has 0 unspecified atom stereocenters. The first-order valence-corrected chi connectivity index (χ1v) is 12.7. The molecule has 33 heavy (non-hydrogen) atoms. The van der Waals surface area contributed by atoms with Gasteiger partial charge >= 0.3 is 0 Å². The van der Waals surface area contributed by atoms with Crippen LogP contribution >= 0.6 is 23.1 Å². The quantitative estimate of drug-likeness (QED) is 0.386. The monoisotopic (exact) mass is 477 g/mol. The number of nitrogens with one attached hydrogen (secondary N) is 1. The molecule has 1 saturated heterocycles. The first kappa shape index (κ1) is 21.7. The van der Waals surface area contributed by atoms with Gasteiger partial charge in [0.2, 0.25) is 0 Å². The molecule has 5 rings (SSSR count). The molecule has 0 saturated carbocycles. The molecule has 168 valence electrons. The lowest BCUT2D eigenvalue weighted by atomic mass is 10.0. The highest BCUT2D eigenvalue weighted by atomic mass is 32.2. The number of nitrogens with zero attached hydrogens (tertiary/aromatic N) is 2. The average molecular weight is 478 g/mol. The molecule has 1 aliphatic heterocycles. The molecule has 2 aromatic heterocycles. The van der Waals surface area contributed by atoms with Gasteiger partial charge in [0.05, 0.1) is 22.0 Å². The molecule has 6 nitrogen and oxygen atoms in total. The van der Waals surface area contributed by atoms with E-state index in [1.807, 2.05) is 47.4 Å². The zero-order valence-corrected chi connectivity index (χ0v) is 19.5. The summed E-state index contributed by atoms with van der Waals surface area (Å²) in [4.78, 5) is 31.6. The Kier molecular flexibility index (Phi) is 6.46. The van der Waals surface area contributed by atoms with E-state index in [4.69, 9.17) is 4.42 Å². The number of piperidine rings is 1. The van der Waals surface area contributed by atoms with Crippen molar-refractivity contribution in [2.75, 3.05) is 13.1 Å². The number of carbonyl (C=O) groups excluding carboxylic acids is 2. The summed E-state index contributed by atoms with van der Waals surface area (Å²) in [6.45, 7) is 1.24. The minimum Gasteiger partial charge on any atom is -0.472 e. The van der Waals surface area contributed by atoms with E-state index in [0.717, 1.165) is 34.0 Å². The third kappa shape index (κ3) is 5.12. The second-order valence-electron chi connectivity index (χ2n) is 7.99. The Labute approximate surface area is 200 Å². The number of amides is 2. The summed E-state index contributed by atoms with van der Waals surface area (Å²) in [5.74, 6) is 0.720. The second kappa shape index (κ2) is 9.80. The van der Waals surface area contributed by atoms with E-state index in [9.17, 15) is 9.59 Å². The van der Waals surface area contributed by atoms with Crippen LogP contribution in [0.15, 0.2) is 75.9 Å². The number of aromatic nitrogens is 1. The molecular formula is C25H23N3O3S2.